The summed E-state index contributed by atoms with van der Waals surface area (Å²) in [6, 6.07) is 15.0. The van der Waals surface area contributed by atoms with Crippen LogP contribution in [0.4, 0.5) is 0 Å². The fourth-order valence-electron chi connectivity index (χ4n) is 7.14. The van der Waals surface area contributed by atoms with Crippen LogP contribution in [0, 0.1) is 25.7 Å². The zero-order chi connectivity index (χ0) is 28.4. The van der Waals surface area contributed by atoms with Crippen molar-refractivity contribution >= 4 is 0 Å². The quantitative estimate of drug-likeness (QED) is 0.241. The number of aliphatic hydroxyl groups is 1. The summed E-state index contributed by atoms with van der Waals surface area (Å²) in [5.74, 6) is 2.57. The van der Waals surface area contributed by atoms with Crippen molar-refractivity contribution in [2.75, 3.05) is 40.4 Å². The summed E-state index contributed by atoms with van der Waals surface area (Å²) in [6.45, 7) is 7.99. The second kappa shape index (κ2) is 15.3. The number of nitrogens with zero attached hydrogens (tertiary/aromatic N) is 1. The molecule has 0 radical (unpaired) electrons. The third-order valence-electron chi connectivity index (χ3n) is 9.42. The molecule has 40 heavy (non-hydrogen) atoms. The van der Waals surface area contributed by atoms with Gasteiger partial charge >= 0.3 is 0 Å². The number of ether oxygens (including phenoxy) is 2. The van der Waals surface area contributed by atoms with E-state index in [2.05, 4.69) is 61.4 Å². The molecule has 2 N–H and O–H groups in total. The SMILES string of the molecule is CNCC(CC1CCCCC1)N1CCCC(C(O)(CCCCOC)c2cc(C)ccc2Oc2ccc(C)cc2)C1. The van der Waals surface area contributed by atoms with Crippen LogP contribution in [0.15, 0.2) is 42.5 Å². The zero-order valence-electron chi connectivity index (χ0n) is 25.6. The van der Waals surface area contributed by atoms with E-state index in [-0.39, 0.29) is 5.92 Å². The van der Waals surface area contributed by atoms with Gasteiger partial charge in [0.15, 0.2) is 0 Å². The fourth-order valence-corrected chi connectivity index (χ4v) is 7.14. The monoisotopic (exact) mass is 550 g/mol. The third-order valence-corrected chi connectivity index (χ3v) is 9.42. The molecule has 0 spiro atoms. The van der Waals surface area contributed by atoms with Gasteiger partial charge in [-0.25, -0.2) is 0 Å². The smallest absolute Gasteiger partial charge is 0.133 e. The van der Waals surface area contributed by atoms with E-state index in [1.165, 1.54) is 44.1 Å². The molecule has 3 unspecified atom stereocenters. The van der Waals surface area contributed by atoms with Crippen LogP contribution in [0.25, 0.3) is 0 Å². The summed E-state index contributed by atoms with van der Waals surface area (Å²) in [4.78, 5) is 2.70. The topological polar surface area (TPSA) is 54.0 Å². The van der Waals surface area contributed by atoms with Crippen molar-refractivity contribution in [3.63, 3.8) is 0 Å². The Morgan fingerprint density at radius 1 is 0.975 bits per heavy atom. The zero-order valence-corrected chi connectivity index (χ0v) is 25.6. The van der Waals surface area contributed by atoms with Crippen LogP contribution in [-0.2, 0) is 10.3 Å². The van der Waals surface area contributed by atoms with E-state index in [0.717, 1.165) is 80.5 Å². The molecule has 2 aromatic rings. The second-order valence-corrected chi connectivity index (χ2v) is 12.6. The maximum absolute atomic E-state index is 12.8. The van der Waals surface area contributed by atoms with Crippen LogP contribution in [0.5, 0.6) is 11.5 Å². The highest BCUT2D eigenvalue weighted by atomic mass is 16.5. The molecule has 0 amide bonds. The summed E-state index contributed by atoms with van der Waals surface area (Å²) >= 11 is 0. The standard InChI is InChI=1S/C35H54N2O3/c1-27-14-17-32(18-15-27)40-34-19-16-28(2)23-33(34)35(38,20-8-9-22-39-4)30-13-10-21-37(26-30)31(25-36-3)24-29-11-6-5-7-12-29/h14-19,23,29-31,36,38H,5-13,20-22,24-26H2,1-4H3. The van der Waals surface area contributed by atoms with Gasteiger partial charge in [-0.15, -0.1) is 0 Å². The third kappa shape index (κ3) is 8.31. The van der Waals surface area contributed by atoms with Crippen LogP contribution in [0.2, 0.25) is 0 Å². The number of likely N-dealkylation sites (tertiary alicyclic amines) is 1. The van der Waals surface area contributed by atoms with Crippen LogP contribution in [0.3, 0.4) is 0 Å². The van der Waals surface area contributed by atoms with Crippen LogP contribution < -0.4 is 10.1 Å². The van der Waals surface area contributed by atoms with Crippen molar-refractivity contribution in [2.45, 2.75) is 96.1 Å². The summed E-state index contributed by atoms with van der Waals surface area (Å²) in [7, 11) is 3.84. The molecule has 4 rings (SSSR count). The molecule has 1 aliphatic heterocycles. The summed E-state index contributed by atoms with van der Waals surface area (Å²) in [6.07, 6.45) is 12.9. The lowest BCUT2D eigenvalue weighted by Gasteiger charge is -2.46. The number of unbranched alkanes of at least 4 members (excludes halogenated alkanes) is 1. The maximum Gasteiger partial charge on any atom is 0.133 e. The van der Waals surface area contributed by atoms with Crippen molar-refractivity contribution < 1.29 is 14.6 Å². The van der Waals surface area contributed by atoms with Gasteiger partial charge in [0, 0.05) is 44.3 Å². The molecule has 1 saturated heterocycles. The first-order valence-corrected chi connectivity index (χ1v) is 15.9. The molecule has 1 heterocycles. The number of hydrogen-bond donors (Lipinski definition) is 2. The first kappa shape index (κ1) is 31.0. The molecule has 2 fully saturated rings. The molecule has 2 aliphatic rings. The Kier molecular flexibility index (Phi) is 11.9. The lowest BCUT2D eigenvalue weighted by Crippen LogP contribution is -2.52. The van der Waals surface area contributed by atoms with E-state index >= 15 is 0 Å². The van der Waals surface area contributed by atoms with Crippen molar-refractivity contribution in [3.8, 4) is 11.5 Å². The Morgan fingerprint density at radius 2 is 1.73 bits per heavy atom. The number of aryl methyl sites for hydroxylation is 2. The van der Waals surface area contributed by atoms with E-state index < -0.39 is 5.60 Å². The number of benzene rings is 2. The normalized spacial score (nSPS) is 21.2. The summed E-state index contributed by atoms with van der Waals surface area (Å²) in [5, 5.41) is 16.3. The highest BCUT2D eigenvalue weighted by Gasteiger charge is 2.43. The van der Waals surface area contributed by atoms with Crippen LogP contribution in [0.1, 0.15) is 87.3 Å². The molecule has 222 valence electrons. The first-order valence-electron chi connectivity index (χ1n) is 15.9. The molecular formula is C35H54N2O3. The van der Waals surface area contributed by atoms with Gasteiger partial charge in [-0.1, -0.05) is 61.4 Å². The van der Waals surface area contributed by atoms with E-state index in [0.29, 0.717) is 12.5 Å². The Morgan fingerprint density at radius 3 is 2.45 bits per heavy atom. The number of methoxy groups -OCH3 is 1. The molecular weight excluding hydrogens is 496 g/mol. The van der Waals surface area contributed by atoms with Crippen molar-refractivity contribution in [2.24, 2.45) is 11.8 Å². The molecule has 1 aliphatic carbocycles. The molecule has 1 saturated carbocycles. The van der Waals surface area contributed by atoms with Gasteiger partial charge in [0.05, 0.1) is 5.60 Å². The minimum Gasteiger partial charge on any atom is -0.457 e. The van der Waals surface area contributed by atoms with Gasteiger partial charge in [-0.2, -0.15) is 0 Å². The lowest BCUT2D eigenvalue weighted by molar-refractivity contribution is -0.0700. The van der Waals surface area contributed by atoms with Gasteiger partial charge in [0.2, 0.25) is 0 Å². The second-order valence-electron chi connectivity index (χ2n) is 12.6. The average Bonchev–Trinajstić information content (AvgIpc) is 2.97. The Bertz CT molecular complexity index is 1020. The van der Waals surface area contributed by atoms with E-state index in [9.17, 15) is 5.11 Å². The van der Waals surface area contributed by atoms with Gasteiger partial charge in [0.1, 0.15) is 11.5 Å². The number of hydrogen-bond acceptors (Lipinski definition) is 5. The van der Waals surface area contributed by atoms with E-state index in [1.54, 1.807) is 7.11 Å². The highest BCUT2D eigenvalue weighted by molar-refractivity contribution is 5.44. The average molecular weight is 551 g/mol. The fraction of sp³-hybridized carbons (Fsp3) is 0.657. The van der Waals surface area contributed by atoms with Crippen molar-refractivity contribution in [3.05, 3.63) is 59.2 Å². The molecule has 0 bridgehead atoms. The van der Waals surface area contributed by atoms with Crippen LogP contribution in [-0.4, -0.2) is 56.4 Å². The lowest BCUT2D eigenvalue weighted by atomic mass is 9.73. The summed E-state index contributed by atoms with van der Waals surface area (Å²) < 4.78 is 11.9. The molecule has 5 nitrogen and oxygen atoms in total. The van der Waals surface area contributed by atoms with E-state index in [1.807, 2.05) is 12.1 Å². The first-order chi connectivity index (χ1) is 19.4. The molecule has 2 aromatic carbocycles. The van der Waals surface area contributed by atoms with Crippen molar-refractivity contribution in [1.29, 1.82) is 0 Å². The molecule has 0 aromatic heterocycles. The Labute approximate surface area is 243 Å². The Balaban J connectivity index is 1.62. The van der Waals surface area contributed by atoms with Gasteiger partial charge in [-0.3, -0.25) is 4.90 Å². The summed E-state index contributed by atoms with van der Waals surface area (Å²) in [5.41, 5.74) is 2.33. The Hall–Kier alpha value is -1.92. The number of piperidine rings is 1. The highest BCUT2D eigenvalue weighted by Crippen LogP contribution is 2.45. The molecule has 5 heteroatoms. The maximum atomic E-state index is 12.8. The predicted octanol–water partition coefficient (Wildman–Crippen LogP) is 7.37. The minimum absolute atomic E-state index is 0.150. The number of nitrogens with one attached hydrogen (secondary N) is 1. The van der Waals surface area contributed by atoms with Gasteiger partial charge in [0.25, 0.3) is 0 Å². The van der Waals surface area contributed by atoms with Crippen LogP contribution >= 0.6 is 0 Å². The molecule has 3 atom stereocenters. The largest absolute Gasteiger partial charge is 0.457 e. The van der Waals surface area contributed by atoms with Crippen molar-refractivity contribution in [1.82, 2.24) is 10.2 Å². The van der Waals surface area contributed by atoms with Gasteiger partial charge in [-0.05, 0) is 96.1 Å². The van der Waals surface area contributed by atoms with E-state index in [4.69, 9.17) is 9.47 Å². The van der Waals surface area contributed by atoms with Gasteiger partial charge < -0.3 is 19.9 Å². The predicted molar refractivity (Wildman–Crippen MR) is 165 cm³/mol. The minimum atomic E-state index is -0.965. The number of likely N-dealkylation sites (N-methyl/N-ethyl adjacent to an activating group) is 1. The number of rotatable bonds is 14.